The topological polar surface area (TPSA) is 83.8 Å². The highest BCUT2D eigenvalue weighted by Gasteiger charge is 2.25. The van der Waals surface area contributed by atoms with Gasteiger partial charge in [-0.25, -0.2) is 4.98 Å². The van der Waals surface area contributed by atoms with Gasteiger partial charge in [-0.05, 0) is 31.5 Å². The Morgan fingerprint density at radius 2 is 2.28 bits per heavy atom. The van der Waals surface area contributed by atoms with Crippen molar-refractivity contribution in [1.82, 2.24) is 15.3 Å². The number of amides is 1. The number of H-pyrrole nitrogens is 1. The van der Waals surface area contributed by atoms with Crippen molar-refractivity contribution in [2.24, 2.45) is 11.1 Å². The van der Waals surface area contributed by atoms with Crippen LogP contribution in [0.4, 0.5) is 0 Å². The number of rotatable bonds is 4. The summed E-state index contributed by atoms with van der Waals surface area (Å²) in [4.78, 5) is 19.1. The maximum Gasteiger partial charge on any atom is 0.227 e. The van der Waals surface area contributed by atoms with Gasteiger partial charge in [0, 0.05) is 13.1 Å². The summed E-state index contributed by atoms with van der Waals surface area (Å²) in [6.07, 6.45) is 1.66. The lowest BCUT2D eigenvalue weighted by atomic mass is 9.92. The van der Waals surface area contributed by atoms with Crippen LogP contribution in [0.5, 0.6) is 0 Å². The fraction of sp³-hybridized carbons (Fsp3) is 0.385. The molecule has 0 unspecified atom stereocenters. The predicted molar refractivity (Wildman–Crippen MR) is 70.8 cm³/mol. The number of nitrogens with zero attached hydrogens (tertiary/aromatic N) is 1. The average Bonchev–Trinajstić information content (AvgIpc) is 2.83. The van der Waals surface area contributed by atoms with E-state index >= 15 is 0 Å². The second-order valence-corrected chi connectivity index (χ2v) is 5.02. The summed E-state index contributed by atoms with van der Waals surface area (Å²) in [5, 5.41) is 2.89. The van der Waals surface area contributed by atoms with Crippen molar-refractivity contribution in [1.29, 1.82) is 0 Å². The standard InChI is InChI=1S/C13H18N4O/c1-13(2,7-14)12(18)15-6-9-3-4-10-11(5-9)17-8-16-10/h3-5,8H,6-7,14H2,1-2H3,(H,15,18)(H,16,17). The van der Waals surface area contributed by atoms with Crippen LogP contribution in [0.2, 0.25) is 0 Å². The van der Waals surface area contributed by atoms with E-state index in [4.69, 9.17) is 5.73 Å². The lowest BCUT2D eigenvalue weighted by Gasteiger charge is -2.21. The second-order valence-electron chi connectivity index (χ2n) is 5.02. The van der Waals surface area contributed by atoms with Gasteiger partial charge in [0.15, 0.2) is 0 Å². The zero-order valence-corrected chi connectivity index (χ0v) is 10.7. The zero-order chi connectivity index (χ0) is 13.2. The molecule has 18 heavy (non-hydrogen) atoms. The lowest BCUT2D eigenvalue weighted by molar-refractivity contribution is -0.129. The molecule has 1 aromatic heterocycles. The molecular weight excluding hydrogens is 228 g/mol. The highest BCUT2D eigenvalue weighted by Crippen LogP contribution is 2.14. The largest absolute Gasteiger partial charge is 0.352 e. The Morgan fingerprint density at radius 3 is 3.00 bits per heavy atom. The fourth-order valence-corrected chi connectivity index (χ4v) is 1.61. The van der Waals surface area contributed by atoms with Gasteiger partial charge in [-0.2, -0.15) is 0 Å². The van der Waals surface area contributed by atoms with Gasteiger partial charge in [0.2, 0.25) is 5.91 Å². The van der Waals surface area contributed by atoms with Gasteiger partial charge in [0.05, 0.1) is 22.8 Å². The molecule has 0 saturated carbocycles. The number of fused-ring (bicyclic) bond motifs is 1. The molecular formula is C13H18N4O. The van der Waals surface area contributed by atoms with Crippen LogP contribution in [0, 0.1) is 5.41 Å². The summed E-state index contributed by atoms with van der Waals surface area (Å²) in [5.41, 5.74) is 7.96. The Labute approximate surface area is 106 Å². The Hall–Kier alpha value is -1.88. The van der Waals surface area contributed by atoms with Crippen molar-refractivity contribution in [3.05, 3.63) is 30.1 Å². The Morgan fingerprint density at radius 1 is 1.50 bits per heavy atom. The van der Waals surface area contributed by atoms with Crippen LogP contribution >= 0.6 is 0 Å². The smallest absolute Gasteiger partial charge is 0.227 e. The molecule has 0 saturated heterocycles. The third-order valence-corrected chi connectivity index (χ3v) is 3.06. The van der Waals surface area contributed by atoms with E-state index in [0.29, 0.717) is 13.1 Å². The van der Waals surface area contributed by atoms with Crippen LogP contribution < -0.4 is 11.1 Å². The van der Waals surface area contributed by atoms with E-state index in [9.17, 15) is 4.79 Å². The number of nitrogens with one attached hydrogen (secondary N) is 2. The third kappa shape index (κ3) is 2.51. The van der Waals surface area contributed by atoms with Crippen LogP contribution in [0.3, 0.4) is 0 Å². The van der Waals surface area contributed by atoms with Crippen molar-refractivity contribution in [2.45, 2.75) is 20.4 Å². The van der Waals surface area contributed by atoms with Crippen LogP contribution in [-0.4, -0.2) is 22.4 Å². The quantitative estimate of drug-likeness (QED) is 0.757. The van der Waals surface area contributed by atoms with Crippen LogP contribution in [0.15, 0.2) is 24.5 Å². The number of benzene rings is 1. The van der Waals surface area contributed by atoms with Crippen LogP contribution in [0.25, 0.3) is 11.0 Å². The summed E-state index contributed by atoms with van der Waals surface area (Å²) in [7, 11) is 0. The maximum atomic E-state index is 11.9. The van der Waals surface area contributed by atoms with Gasteiger partial charge in [-0.3, -0.25) is 4.79 Å². The number of nitrogens with two attached hydrogens (primary N) is 1. The molecule has 1 amide bonds. The minimum absolute atomic E-state index is 0.0327. The summed E-state index contributed by atoms with van der Waals surface area (Å²) in [6.45, 7) is 4.50. The number of hydrogen-bond acceptors (Lipinski definition) is 3. The van der Waals surface area contributed by atoms with Crippen molar-refractivity contribution in [3.8, 4) is 0 Å². The minimum Gasteiger partial charge on any atom is -0.352 e. The highest BCUT2D eigenvalue weighted by molar-refractivity contribution is 5.82. The molecule has 1 heterocycles. The molecule has 0 aliphatic rings. The molecule has 0 aliphatic heterocycles. The van der Waals surface area contributed by atoms with Gasteiger partial charge in [-0.1, -0.05) is 6.07 Å². The van der Waals surface area contributed by atoms with Gasteiger partial charge in [-0.15, -0.1) is 0 Å². The fourth-order valence-electron chi connectivity index (χ4n) is 1.61. The van der Waals surface area contributed by atoms with E-state index in [1.807, 2.05) is 32.0 Å². The second kappa shape index (κ2) is 4.78. The first-order chi connectivity index (χ1) is 8.53. The molecule has 0 radical (unpaired) electrons. The molecule has 96 valence electrons. The van der Waals surface area contributed by atoms with E-state index in [2.05, 4.69) is 15.3 Å². The number of aromatic amines is 1. The highest BCUT2D eigenvalue weighted by atomic mass is 16.2. The first kappa shape index (κ1) is 12.6. The number of carbonyl (C=O) groups excluding carboxylic acids is 1. The van der Waals surface area contributed by atoms with Crippen LogP contribution in [-0.2, 0) is 11.3 Å². The number of hydrogen-bond donors (Lipinski definition) is 3. The van der Waals surface area contributed by atoms with Crippen molar-refractivity contribution in [2.75, 3.05) is 6.54 Å². The SMILES string of the molecule is CC(C)(CN)C(=O)NCc1ccc2nc[nH]c2c1. The molecule has 0 fully saturated rings. The third-order valence-electron chi connectivity index (χ3n) is 3.06. The van der Waals surface area contributed by atoms with E-state index in [0.717, 1.165) is 16.6 Å². The number of carbonyl (C=O) groups is 1. The van der Waals surface area contributed by atoms with Crippen molar-refractivity contribution < 1.29 is 4.79 Å². The molecule has 1 aromatic carbocycles. The molecule has 5 heteroatoms. The minimum atomic E-state index is -0.530. The van der Waals surface area contributed by atoms with Gasteiger partial charge in [0.25, 0.3) is 0 Å². The average molecular weight is 246 g/mol. The molecule has 0 bridgehead atoms. The molecule has 4 N–H and O–H groups in total. The summed E-state index contributed by atoms with van der Waals surface area (Å²) in [5.74, 6) is -0.0327. The molecule has 2 rings (SSSR count). The molecule has 0 spiro atoms. The maximum absolute atomic E-state index is 11.9. The molecule has 2 aromatic rings. The van der Waals surface area contributed by atoms with E-state index in [-0.39, 0.29) is 5.91 Å². The van der Waals surface area contributed by atoms with E-state index in [1.165, 1.54) is 0 Å². The summed E-state index contributed by atoms with van der Waals surface area (Å²) >= 11 is 0. The van der Waals surface area contributed by atoms with E-state index in [1.54, 1.807) is 6.33 Å². The van der Waals surface area contributed by atoms with E-state index < -0.39 is 5.41 Å². The Kier molecular flexibility index (Phi) is 3.34. The Balaban J connectivity index is 2.04. The Bertz CT molecular complexity index is 559. The summed E-state index contributed by atoms with van der Waals surface area (Å²) in [6, 6.07) is 5.87. The first-order valence-electron chi connectivity index (χ1n) is 5.93. The van der Waals surface area contributed by atoms with Gasteiger partial charge in [0.1, 0.15) is 0 Å². The predicted octanol–water partition coefficient (Wildman–Crippen LogP) is 1.16. The number of imidazole rings is 1. The van der Waals surface area contributed by atoms with Gasteiger partial charge < -0.3 is 16.0 Å². The van der Waals surface area contributed by atoms with Crippen molar-refractivity contribution in [3.63, 3.8) is 0 Å². The molecule has 5 nitrogen and oxygen atoms in total. The van der Waals surface area contributed by atoms with Crippen LogP contribution in [0.1, 0.15) is 19.4 Å². The molecule has 0 atom stereocenters. The number of aromatic nitrogens is 2. The van der Waals surface area contributed by atoms with Crippen molar-refractivity contribution >= 4 is 16.9 Å². The monoisotopic (exact) mass is 246 g/mol. The van der Waals surface area contributed by atoms with Gasteiger partial charge >= 0.3 is 0 Å². The lowest BCUT2D eigenvalue weighted by Crippen LogP contribution is -2.41. The normalized spacial score (nSPS) is 11.7. The summed E-state index contributed by atoms with van der Waals surface area (Å²) < 4.78 is 0. The molecule has 0 aliphatic carbocycles. The zero-order valence-electron chi connectivity index (χ0n) is 10.7. The first-order valence-corrected chi connectivity index (χ1v) is 5.93.